The molecule has 3 heteroatoms. The lowest BCUT2D eigenvalue weighted by atomic mass is 10.0. The highest BCUT2D eigenvalue weighted by Crippen LogP contribution is 2.13. The molecule has 84 valence electrons. The first-order valence-corrected chi connectivity index (χ1v) is 5.14. The maximum absolute atomic E-state index is 9.13. The zero-order valence-electron chi connectivity index (χ0n) is 9.40. The fourth-order valence-corrected chi connectivity index (χ4v) is 1.49. The molecule has 0 fully saturated rings. The van der Waals surface area contributed by atoms with Crippen molar-refractivity contribution in [2.45, 2.75) is 19.6 Å². The zero-order chi connectivity index (χ0) is 11.3. The van der Waals surface area contributed by atoms with Crippen molar-refractivity contribution in [1.29, 1.82) is 0 Å². The van der Waals surface area contributed by atoms with E-state index in [9.17, 15) is 0 Å². The van der Waals surface area contributed by atoms with Gasteiger partial charge in [0, 0.05) is 6.54 Å². The Morgan fingerprint density at radius 1 is 1.07 bits per heavy atom. The van der Waals surface area contributed by atoms with Gasteiger partial charge in [-0.15, -0.1) is 0 Å². The lowest BCUT2D eigenvalue weighted by molar-refractivity contribution is 0.260. The number of aliphatic hydroxyl groups excluding tert-OH is 2. The predicted molar refractivity (Wildman–Crippen MR) is 60.5 cm³/mol. The Morgan fingerprint density at radius 3 is 2.27 bits per heavy atom. The van der Waals surface area contributed by atoms with Crippen LogP contribution in [-0.2, 0) is 19.6 Å². The molecular formula is C12H19NO2. The monoisotopic (exact) mass is 209 g/mol. The van der Waals surface area contributed by atoms with Crippen molar-refractivity contribution >= 4 is 0 Å². The van der Waals surface area contributed by atoms with Crippen LogP contribution in [0.25, 0.3) is 0 Å². The molecule has 0 aliphatic heterocycles. The molecule has 0 atom stereocenters. The van der Waals surface area contributed by atoms with Crippen molar-refractivity contribution in [2.75, 3.05) is 20.6 Å². The molecular weight excluding hydrogens is 190 g/mol. The van der Waals surface area contributed by atoms with Crippen molar-refractivity contribution in [3.8, 4) is 0 Å². The van der Waals surface area contributed by atoms with Gasteiger partial charge in [0.15, 0.2) is 0 Å². The van der Waals surface area contributed by atoms with Crippen LogP contribution in [-0.4, -0.2) is 35.8 Å². The quantitative estimate of drug-likeness (QED) is 0.753. The number of aliphatic hydroxyl groups is 2. The Bertz CT molecular complexity index is 310. The van der Waals surface area contributed by atoms with Gasteiger partial charge in [0.1, 0.15) is 0 Å². The molecule has 1 aromatic carbocycles. The maximum atomic E-state index is 9.13. The molecule has 0 radical (unpaired) electrons. The zero-order valence-corrected chi connectivity index (χ0v) is 9.40. The molecule has 1 aromatic rings. The Balaban J connectivity index is 2.74. The SMILES string of the molecule is CN(C)CCc1ccc(CO)c(CO)c1. The van der Waals surface area contributed by atoms with E-state index in [-0.39, 0.29) is 13.2 Å². The number of likely N-dealkylation sites (N-methyl/N-ethyl adjacent to an activating group) is 1. The molecule has 0 saturated heterocycles. The number of rotatable bonds is 5. The van der Waals surface area contributed by atoms with Crippen LogP contribution in [0.5, 0.6) is 0 Å². The van der Waals surface area contributed by atoms with Crippen LogP contribution in [0.15, 0.2) is 18.2 Å². The van der Waals surface area contributed by atoms with Crippen LogP contribution < -0.4 is 0 Å². The molecule has 0 heterocycles. The highest BCUT2D eigenvalue weighted by Gasteiger charge is 2.02. The van der Waals surface area contributed by atoms with E-state index in [1.54, 1.807) is 0 Å². The molecule has 0 aromatic heterocycles. The third-order valence-electron chi connectivity index (χ3n) is 2.46. The molecule has 0 bridgehead atoms. The van der Waals surface area contributed by atoms with Gasteiger partial charge in [-0.05, 0) is 37.2 Å². The van der Waals surface area contributed by atoms with Crippen LogP contribution in [0, 0.1) is 0 Å². The van der Waals surface area contributed by atoms with Gasteiger partial charge in [-0.3, -0.25) is 0 Å². The van der Waals surface area contributed by atoms with E-state index in [0.717, 1.165) is 24.1 Å². The smallest absolute Gasteiger partial charge is 0.0685 e. The Kier molecular flexibility index (Phi) is 4.75. The maximum Gasteiger partial charge on any atom is 0.0685 e. The van der Waals surface area contributed by atoms with Gasteiger partial charge in [0.05, 0.1) is 13.2 Å². The molecule has 0 unspecified atom stereocenters. The summed E-state index contributed by atoms with van der Waals surface area (Å²) < 4.78 is 0. The first kappa shape index (κ1) is 12.2. The highest BCUT2D eigenvalue weighted by molar-refractivity contribution is 5.31. The second-order valence-corrected chi connectivity index (χ2v) is 3.97. The first-order valence-electron chi connectivity index (χ1n) is 5.14. The van der Waals surface area contributed by atoms with E-state index in [4.69, 9.17) is 10.2 Å². The third kappa shape index (κ3) is 3.63. The lowest BCUT2D eigenvalue weighted by Crippen LogP contribution is -2.15. The van der Waals surface area contributed by atoms with Gasteiger partial charge in [0.25, 0.3) is 0 Å². The van der Waals surface area contributed by atoms with Crippen molar-refractivity contribution < 1.29 is 10.2 Å². The summed E-state index contributed by atoms with van der Waals surface area (Å²) in [4.78, 5) is 2.12. The van der Waals surface area contributed by atoms with Gasteiger partial charge < -0.3 is 15.1 Å². The fraction of sp³-hybridized carbons (Fsp3) is 0.500. The van der Waals surface area contributed by atoms with Crippen molar-refractivity contribution in [3.05, 3.63) is 34.9 Å². The summed E-state index contributed by atoms with van der Waals surface area (Å²) in [5.41, 5.74) is 2.84. The number of hydrogen-bond acceptors (Lipinski definition) is 3. The topological polar surface area (TPSA) is 43.7 Å². The average molecular weight is 209 g/mol. The summed E-state index contributed by atoms with van der Waals surface area (Å²) in [6.07, 6.45) is 0.964. The van der Waals surface area contributed by atoms with Crippen molar-refractivity contribution in [2.24, 2.45) is 0 Å². The molecule has 2 N–H and O–H groups in total. The minimum atomic E-state index is -0.0101. The molecule has 3 nitrogen and oxygen atoms in total. The van der Waals surface area contributed by atoms with Gasteiger partial charge in [-0.1, -0.05) is 18.2 Å². The largest absolute Gasteiger partial charge is 0.392 e. The molecule has 0 aliphatic rings. The molecule has 0 saturated carbocycles. The van der Waals surface area contributed by atoms with E-state index in [1.807, 2.05) is 32.3 Å². The Hall–Kier alpha value is -0.900. The van der Waals surface area contributed by atoms with Crippen LogP contribution >= 0.6 is 0 Å². The van der Waals surface area contributed by atoms with Gasteiger partial charge in [-0.25, -0.2) is 0 Å². The van der Waals surface area contributed by atoms with Crippen LogP contribution in [0.4, 0.5) is 0 Å². The number of nitrogens with zero attached hydrogens (tertiary/aromatic N) is 1. The van der Waals surface area contributed by atoms with Crippen LogP contribution in [0.1, 0.15) is 16.7 Å². The molecule has 0 amide bonds. The molecule has 1 rings (SSSR count). The Labute approximate surface area is 91.0 Å². The fourth-order valence-electron chi connectivity index (χ4n) is 1.49. The first-order chi connectivity index (χ1) is 7.17. The molecule has 0 spiro atoms. The summed E-state index contributed by atoms with van der Waals surface area (Å²) in [5.74, 6) is 0. The predicted octanol–water partition coefficient (Wildman–Crippen LogP) is 0.775. The summed E-state index contributed by atoms with van der Waals surface area (Å²) in [5, 5.41) is 18.2. The van der Waals surface area contributed by atoms with Gasteiger partial charge in [0.2, 0.25) is 0 Å². The molecule has 15 heavy (non-hydrogen) atoms. The Morgan fingerprint density at radius 2 is 1.73 bits per heavy atom. The molecule has 0 aliphatic carbocycles. The summed E-state index contributed by atoms with van der Waals surface area (Å²) in [6, 6.07) is 5.86. The second-order valence-electron chi connectivity index (χ2n) is 3.97. The third-order valence-corrected chi connectivity index (χ3v) is 2.46. The van der Waals surface area contributed by atoms with Crippen LogP contribution in [0.3, 0.4) is 0 Å². The number of hydrogen-bond donors (Lipinski definition) is 2. The van der Waals surface area contributed by atoms with E-state index >= 15 is 0 Å². The average Bonchev–Trinajstić information content (AvgIpc) is 2.25. The minimum absolute atomic E-state index is 0.00824. The van der Waals surface area contributed by atoms with Crippen molar-refractivity contribution in [1.82, 2.24) is 4.90 Å². The van der Waals surface area contributed by atoms with Crippen molar-refractivity contribution in [3.63, 3.8) is 0 Å². The van der Waals surface area contributed by atoms with Gasteiger partial charge in [-0.2, -0.15) is 0 Å². The standard InChI is InChI=1S/C12H19NO2/c1-13(2)6-5-10-3-4-11(8-14)12(7-10)9-15/h3-4,7,14-15H,5-6,8-9H2,1-2H3. The summed E-state index contributed by atoms with van der Waals surface area (Å²) in [7, 11) is 4.07. The highest BCUT2D eigenvalue weighted by atomic mass is 16.3. The van der Waals surface area contributed by atoms with E-state index < -0.39 is 0 Å². The van der Waals surface area contributed by atoms with Gasteiger partial charge >= 0.3 is 0 Å². The summed E-state index contributed by atoms with van der Waals surface area (Å²) >= 11 is 0. The lowest BCUT2D eigenvalue weighted by Gasteiger charge is -2.11. The van der Waals surface area contributed by atoms with Crippen LogP contribution in [0.2, 0.25) is 0 Å². The second kappa shape index (κ2) is 5.85. The normalized spacial score (nSPS) is 11.0. The minimum Gasteiger partial charge on any atom is -0.392 e. The van der Waals surface area contributed by atoms with E-state index in [0.29, 0.717) is 0 Å². The van der Waals surface area contributed by atoms with E-state index in [1.165, 1.54) is 5.56 Å². The summed E-state index contributed by atoms with van der Waals surface area (Å²) in [6.45, 7) is 0.971. The number of benzene rings is 1. The van der Waals surface area contributed by atoms with E-state index in [2.05, 4.69) is 4.90 Å².